The number of amides is 3. The van der Waals surface area contributed by atoms with Crippen molar-refractivity contribution in [1.82, 2.24) is 10.6 Å². The second kappa shape index (κ2) is 7.26. The number of fused-ring (bicyclic) bond motifs is 1. The summed E-state index contributed by atoms with van der Waals surface area (Å²) in [4.78, 5) is 23.4. The van der Waals surface area contributed by atoms with Crippen molar-refractivity contribution in [1.29, 1.82) is 0 Å². The van der Waals surface area contributed by atoms with E-state index in [-0.39, 0.29) is 16.5 Å². The summed E-state index contributed by atoms with van der Waals surface area (Å²) in [7, 11) is 1.67. The number of nitrogens with one attached hydrogen (secondary N) is 2. The van der Waals surface area contributed by atoms with E-state index in [9.17, 15) is 9.59 Å². The molecule has 2 aromatic rings. The van der Waals surface area contributed by atoms with Gasteiger partial charge in [0.1, 0.15) is 11.4 Å². The predicted octanol–water partition coefficient (Wildman–Crippen LogP) is 5.20. The fourth-order valence-corrected chi connectivity index (χ4v) is 4.69. The van der Waals surface area contributed by atoms with E-state index in [0.29, 0.717) is 0 Å². The minimum Gasteiger partial charge on any atom is -0.496 e. The molecule has 1 saturated heterocycles. The molecule has 162 valence electrons. The first-order valence-electron chi connectivity index (χ1n) is 10.7. The maximum absolute atomic E-state index is 11.9. The normalized spacial score (nSPS) is 20.3. The number of ether oxygens (including phenoxy) is 1. The SMILES string of the molecule is COc1ccc(C=C2NC(=O)NC2=O)cc1-c1cc2c(cc1C)C(C)(C)CCC2(C)C. The maximum Gasteiger partial charge on any atom is 0.326 e. The van der Waals surface area contributed by atoms with Gasteiger partial charge in [0.25, 0.3) is 5.91 Å². The van der Waals surface area contributed by atoms with Crippen LogP contribution >= 0.6 is 0 Å². The van der Waals surface area contributed by atoms with Crippen molar-refractivity contribution < 1.29 is 14.3 Å². The Kier molecular flexibility index (Phi) is 4.95. The van der Waals surface area contributed by atoms with Crippen LogP contribution in [0.5, 0.6) is 5.75 Å². The van der Waals surface area contributed by atoms with Crippen LogP contribution in [-0.2, 0) is 15.6 Å². The molecule has 2 aliphatic rings. The lowest BCUT2D eigenvalue weighted by molar-refractivity contribution is -0.115. The third-order valence-corrected chi connectivity index (χ3v) is 6.74. The Morgan fingerprint density at radius 2 is 1.55 bits per heavy atom. The van der Waals surface area contributed by atoms with Gasteiger partial charge in [-0.2, -0.15) is 0 Å². The predicted molar refractivity (Wildman–Crippen MR) is 123 cm³/mol. The van der Waals surface area contributed by atoms with E-state index in [1.54, 1.807) is 13.2 Å². The summed E-state index contributed by atoms with van der Waals surface area (Å²) in [6.45, 7) is 11.4. The number of methoxy groups -OCH3 is 1. The van der Waals surface area contributed by atoms with Crippen LogP contribution in [-0.4, -0.2) is 19.0 Å². The van der Waals surface area contributed by atoms with Crippen molar-refractivity contribution >= 4 is 18.0 Å². The van der Waals surface area contributed by atoms with E-state index in [4.69, 9.17) is 4.74 Å². The highest BCUT2D eigenvalue weighted by Gasteiger charge is 2.37. The molecular weight excluding hydrogens is 388 g/mol. The van der Waals surface area contributed by atoms with E-state index in [2.05, 4.69) is 57.4 Å². The lowest BCUT2D eigenvalue weighted by Crippen LogP contribution is -2.34. The lowest BCUT2D eigenvalue weighted by Gasteiger charge is -2.42. The van der Waals surface area contributed by atoms with Gasteiger partial charge in [0, 0.05) is 5.56 Å². The number of urea groups is 1. The number of carbonyl (C=O) groups excluding carboxylic acids is 2. The van der Waals surface area contributed by atoms with Crippen LogP contribution in [0.25, 0.3) is 17.2 Å². The minimum atomic E-state index is -0.500. The van der Waals surface area contributed by atoms with Gasteiger partial charge in [0.2, 0.25) is 0 Å². The van der Waals surface area contributed by atoms with E-state index >= 15 is 0 Å². The molecular formula is C26H30N2O3. The third kappa shape index (κ3) is 3.73. The Hall–Kier alpha value is -3.08. The third-order valence-electron chi connectivity index (χ3n) is 6.74. The van der Waals surface area contributed by atoms with Gasteiger partial charge in [-0.25, -0.2) is 4.79 Å². The van der Waals surface area contributed by atoms with Gasteiger partial charge in [-0.05, 0) is 82.7 Å². The molecule has 0 aromatic heterocycles. The topological polar surface area (TPSA) is 67.4 Å². The summed E-state index contributed by atoms with van der Waals surface area (Å²) < 4.78 is 5.69. The summed E-state index contributed by atoms with van der Waals surface area (Å²) in [5.41, 5.74) is 7.42. The zero-order chi connectivity index (χ0) is 22.6. The summed E-state index contributed by atoms with van der Waals surface area (Å²) in [5.74, 6) is 0.356. The number of benzene rings is 2. The van der Waals surface area contributed by atoms with Crippen LogP contribution < -0.4 is 15.4 Å². The molecule has 31 heavy (non-hydrogen) atoms. The molecule has 0 radical (unpaired) electrons. The first-order chi connectivity index (χ1) is 14.5. The number of rotatable bonds is 3. The Labute approximate surface area is 183 Å². The molecule has 1 fully saturated rings. The molecule has 1 aliphatic carbocycles. The van der Waals surface area contributed by atoms with Crippen LogP contribution in [0.4, 0.5) is 4.79 Å². The van der Waals surface area contributed by atoms with Crippen LogP contribution in [0, 0.1) is 6.92 Å². The molecule has 2 N–H and O–H groups in total. The second-order valence-corrected chi connectivity index (χ2v) is 9.91. The smallest absolute Gasteiger partial charge is 0.326 e. The fraction of sp³-hybridized carbons (Fsp3) is 0.385. The number of hydrogen-bond acceptors (Lipinski definition) is 3. The van der Waals surface area contributed by atoms with Crippen molar-refractivity contribution in [3.05, 3.63) is 58.3 Å². The summed E-state index contributed by atoms with van der Waals surface area (Å²) >= 11 is 0. The summed E-state index contributed by atoms with van der Waals surface area (Å²) in [6.07, 6.45) is 4.00. The Morgan fingerprint density at radius 1 is 0.903 bits per heavy atom. The molecule has 0 bridgehead atoms. The Bertz CT molecular complexity index is 1130. The lowest BCUT2D eigenvalue weighted by atomic mass is 9.62. The largest absolute Gasteiger partial charge is 0.496 e. The highest BCUT2D eigenvalue weighted by atomic mass is 16.5. The standard InChI is InChI=1S/C26H30N2O3/c1-15-11-19-20(26(4,5)10-9-25(19,2)3)14-17(15)18-12-16(7-8-22(18)31-6)13-21-23(29)28-24(30)27-21/h7-8,11-14H,9-10H2,1-6H3,(H2,27,28,29,30). The highest BCUT2D eigenvalue weighted by Crippen LogP contribution is 2.48. The molecule has 2 aromatic carbocycles. The van der Waals surface area contributed by atoms with Crippen molar-refractivity contribution in [3.63, 3.8) is 0 Å². The molecule has 4 rings (SSSR count). The van der Waals surface area contributed by atoms with Crippen LogP contribution in [0.1, 0.15) is 62.8 Å². The van der Waals surface area contributed by atoms with Gasteiger partial charge >= 0.3 is 6.03 Å². The maximum atomic E-state index is 11.9. The summed E-state index contributed by atoms with van der Waals surface area (Å²) in [5, 5.41) is 4.78. The van der Waals surface area contributed by atoms with Crippen LogP contribution in [0.3, 0.4) is 0 Å². The number of imide groups is 1. The van der Waals surface area contributed by atoms with Gasteiger partial charge in [0.15, 0.2) is 0 Å². The molecule has 3 amide bonds. The van der Waals surface area contributed by atoms with Gasteiger partial charge in [0.05, 0.1) is 7.11 Å². The van der Waals surface area contributed by atoms with Crippen molar-refractivity contribution in [2.24, 2.45) is 0 Å². The van der Waals surface area contributed by atoms with Crippen LogP contribution in [0.15, 0.2) is 36.0 Å². The average molecular weight is 419 g/mol. The minimum absolute atomic E-state index is 0.104. The average Bonchev–Trinajstić information content (AvgIpc) is 3.02. The van der Waals surface area contributed by atoms with Crippen molar-refractivity contribution in [2.45, 2.75) is 58.3 Å². The van der Waals surface area contributed by atoms with E-state index in [0.717, 1.165) is 28.9 Å². The number of aryl methyl sites for hydroxylation is 1. The monoisotopic (exact) mass is 418 g/mol. The van der Waals surface area contributed by atoms with Crippen molar-refractivity contribution in [3.8, 4) is 16.9 Å². The molecule has 5 heteroatoms. The molecule has 0 atom stereocenters. The number of hydrogen-bond donors (Lipinski definition) is 2. The molecule has 0 saturated carbocycles. The summed E-state index contributed by atoms with van der Waals surface area (Å²) in [6, 6.07) is 9.96. The van der Waals surface area contributed by atoms with Gasteiger partial charge in [-0.3, -0.25) is 10.1 Å². The fourth-order valence-electron chi connectivity index (χ4n) is 4.69. The first kappa shape index (κ1) is 21.2. The van der Waals surface area contributed by atoms with E-state index in [1.165, 1.54) is 23.1 Å². The van der Waals surface area contributed by atoms with Gasteiger partial charge in [-0.15, -0.1) is 0 Å². The molecule has 1 aliphatic heterocycles. The van der Waals surface area contributed by atoms with Gasteiger partial charge in [-0.1, -0.05) is 39.8 Å². The molecule has 5 nitrogen and oxygen atoms in total. The zero-order valence-electron chi connectivity index (χ0n) is 19.1. The van der Waals surface area contributed by atoms with Crippen LogP contribution in [0.2, 0.25) is 0 Å². The number of carbonyl (C=O) groups is 2. The van der Waals surface area contributed by atoms with Crippen molar-refractivity contribution in [2.75, 3.05) is 7.11 Å². The zero-order valence-corrected chi connectivity index (χ0v) is 19.1. The molecule has 1 heterocycles. The van der Waals surface area contributed by atoms with E-state index < -0.39 is 11.9 Å². The first-order valence-corrected chi connectivity index (χ1v) is 10.7. The quantitative estimate of drug-likeness (QED) is 0.532. The molecule has 0 spiro atoms. The van der Waals surface area contributed by atoms with E-state index in [1.807, 2.05) is 18.2 Å². The Morgan fingerprint density at radius 3 is 2.13 bits per heavy atom. The Balaban J connectivity index is 1.87. The molecule has 0 unspecified atom stereocenters. The highest BCUT2D eigenvalue weighted by molar-refractivity contribution is 6.14. The van der Waals surface area contributed by atoms with Gasteiger partial charge < -0.3 is 10.1 Å². The second-order valence-electron chi connectivity index (χ2n) is 9.91.